The number of allylic oxidation sites excluding steroid dienone is 2. The number of imide groups is 2. The first-order valence-electron chi connectivity index (χ1n) is 14.5. The zero-order valence-corrected chi connectivity index (χ0v) is 26.5. The van der Waals surface area contributed by atoms with Crippen molar-refractivity contribution in [3.05, 3.63) is 93.2 Å². The van der Waals surface area contributed by atoms with E-state index in [-0.39, 0.29) is 41.1 Å². The number of anilines is 2. The first kappa shape index (κ1) is 29.7. The summed E-state index contributed by atoms with van der Waals surface area (Å²) in [6.45, 7) is 1.69. The van der Waals surface area contributed by atoms with Gasteiger partial charge in [0.15, 0.2) is 0 Å². The third-order valence-electron chi connectivity index (χ3n) is 10.1. The van der Waals surface area contributed by atoms with Crippen LogP contribution in [0.5, 0.6) is 11.5 Å². The molecular formula is C34H27BrClFN2O6. The van der Waals surface area contributed by atoms with Crippen molar-refractivity contribution in [3.8, 4) is 11.5 Å². The first-order valence-corrected chi connectivity index (χ1v) is 15.7. The van der Waals surface area contributed by atoms with Crippen LogP contribution in [0.4, 0.5) is 15.8 Å². The zero-order chi connectivity index (χ0) is 31.9. The van der Waals surface area contributed by atoms with E-state index in [0.717, 1.165) is 15.4 Å². The van der Waals surface area contributed by atoms with Crippen molar-refractivity contribution < 1.29 is 33.4 Å². The average Bonchev–Trinajstić information content (AvgIpc) is 3.39. The van der Waals surface area contributed by atoms with Gasteiger partial charge in [-0.1, -0.05) is 45.2 Å². The number of phenols is 1. The van der Waals surface area contributed by atoms with Crippen LogP contribution in [0, 0.1) is 34.9 Å². The van der Waals surface area contributed by atoms with Crippen LogP contribution in [0.3, 0.4) is 0 Å². The van der Waals surface area contributed by atoms with E-state index in [0.29, 0.717) is 22.6 Å². The fourth-order valence-electron chi connectivity index (χ4n) is 8.04. The van der Waals surface area contributed by atoms with Crippen LogP contribution >= 0.6 is 27.5 Å². The fourth-order valence-corrected chi connectivity index (χ4v) is 8.48. The Morgan fingerprint density at radius 1 is 0.956 bits per heavy atom. The van der Waals surface area contributed by atoms with Crippen LogP contribution < -0.4 is 14.5 Å². The van der Waals surface area contributed by atoms with Gasteiger partial charge in [-0.25, -0.2) is 9.29 Å². The molecule has 3 aromatic rings. The van der Waals surface area contributed by atoms with Crippen molar-refractivity contribution in [2.45, 2.75) is 25.7 Å². The molecule has 2 aliphatic heterocycles. The van der Waals surface area contributed by atoms with Crippen LogP contribution in [0.1, 0.15) is 31.2 Å². The smallest absolute Gasteiger partial charge is 0.241 e. The second-order valence-electron chi connectivity index (χ2n) is 12.1. The average molecular weight is 694 g/mol. The first-order chi connectivity index (χ1) is 21.5. The number of methoxy groups -OCH3 is 1. The van der Waals surface area contributed by atoms with E-state index in [1.165, 1.54) is 30.2 Å². The minimum Gasteiger partial charge on any atom is -0.508 e. The number of amides is 4. The van der Waals surface area contributed by atoms with Crippen molar-refractivity contribution in [2.75, 3.05) is 16.9 Å². The summed E-state index contributed by atoms with van der Waals surface area (Å²) in [5.41, 5.74) is 0.182. The van der Waals surface area contributed by atoms with E-state index in [4.69, 9.17) is 16.3 Å². The van der Waals surface area contributed by atoms with Gasteiger partial charge in [0.2, 0.25) is 23.6 Å². The molecule has 7 rings (SSSR count). The monoisotopic (exact) mass is 692 g/mol. The van der Waals surface area contributed by atoms with Gasteiger partial charge in [0.25, 0.3) is 0 Å². The molecule has 45 heavy (non-hydrogen) atoms. The van der Waals surface area contributed by atoms with Gasteiger partial charge in [0, 0.05) is 16.0 Å². The van der Waals surface area contributed by atoms with Gasteiger partial charge in [-0.2, -0.15) is 0 Å². The molecule has 1 saturated carbocycles. The molecule has 0 aromatic heterocycles. The van der Waals surface area contributed by atoms with E-state index in [1.54, 1.807) is 43.3 Å². The van der Waals surface area contributed by atoms with Crippen LogP contribution in [0.15, 0.2) is 76.8 Å². The maximum atomic E-state index is 14.5. The number of hydrogen-bond acceptors (Lipinski definition) is 6. The number of aromatic hydroxyl groups is 1. The van der Waals surface area contributed by atoms with Crippen LogP contribution in [-0.4, -0.2) is 35.8 Å². The van der Waals surface area contributed by atoms with Gasteiger partial charge in [-0.05, 0) is 80.3 Å². The Morgan fingerprint density at radius 2 is 1.67 bits per heavy atom. The highest BCUT2D eigenvalue weighted by Gasteiger charge is 2.68. The van der Waals surface area contributed by atoms with E-state index >= 15 is 0 Å². The molecule has 2 saturated heterocycles. The van der Waals surface area contributed by atoms with E-state index in [9.17, 15) is 28.7 Å². The lowest BCUT2D eigenvalue weighted by atomic mass is 9.51. The minimum atomic E-state index is -1.42. The molecule has 6 atom stereocenters. The van der Waals surface area contributed by atoms with Gasteiger partial charge in [-0.15, -0.1) is 0 Å². The Bertz CT molecular complexity index is 1850. The molecule has 8 nitrogen and oxygen atoms in total. The highest BCUT2D eigenvalue weighted by molar-refractivity contribution is 9.10. The van der Waals surface area contributed by atoms with E-state index in [1.807, 2.05) is 6.08 Å². The zero-order valence-electron chi connectivity index (χ0n) is 24.2. The van der Waals surface area contributed by atoms with Crippen LogP contribution in [0.25, 0.3) is 0 Å². The van der Waals surface area contributed by atoms with Gasteiger partial charge < -0.3 is 9.84 Å². The number of benzene rings is 3. The predicted octanol–water partition coefficient (Wildman–Crippen LogP) is 6.39. The summed E-state index contributed by atoms with van der Waals surface area (Å²) in [6.07, 6.45) is 2.27. The van der Waals surface area contributed by atoms with Crippen molar-refractivity contribution in [2.24, 2.45) is 29.1 Å². The number of halogens is 3. The topological polar surface area (TPSA) is 104 Å². The molecule has 3 fully saturated rings. The molecule has 11 heteroatoms. The molecule has 2 aliphatic carbocycles. The molecule has 0 radical (unpaired) electrons. The lowest BCUT2D eigenvalue weighted by molar-refractivity contribution is -0.131. The van der Waals surface area contributed by atoms with Gasteiger partial charge in [0.05, 0.1) is 46.7 Å². The molecule has 3 aromatic carbocycles. The summed E-state index contributed by atoms with van der Waals surface area (Å²) in [5, 5.41) is 11.0. The minimum absolute atomic E-state index is 0.124. The summed E-state index contributed by atoms with van der Waals surface area (Å²) in [5.74, 6) is -6.06. The second kappa shape index (κ2) is 10.5. The molecule has 0 bridgehead atoms. The van der Waals surface area contributed by atoms with Crippen molar-refractivity contribution >= 4 is 62.5 Å². The number of nitrogens with zero attached hydrogens (tertiary/aromatic N) is 2. The Labute approximate surface area is 271 Å². The van der Waals surface area contributed by atoms with Gasteiger partial charge in [-0.3, -0.25) is 24.1 Å². The summed E-state index contributed by atoms with van der Waals surface area (Å²) in [6, 6.07) is 15.3. The van der Waals surface area contributed by atoms with Crippen molar-refractivity contribution in [3.63, 3.8) is 0 Å². The molecule has 4 aliphatic rings. The molecule has 4 amide bonds. The largest absolute Gasteiger partial charge is 0.508 e. The summed E-state index contributed by atoms with van der Waals surface area (Å²) in [7, 11) is 1.45. The highest BCUT2D eigenvalue weighted by atomic mass is 79.9. The maximum Gasteiger partial charge on any atom is 0.241 e. The lowest BCUT2D eigenvalue weighted by Gasteiger charge is -2.49. The third-order valence-corrected chi connectivity index (χ3v) is 10.9. The van der Waals surface area contributed by atoms with Crippen molar-refractivity contribution in [1.82, 2.24) is 0 Å². The predicted molar refractivity (Wildman–Crippen MR) is 167 cm³/mol. The summed E-state index contributed by atoms with van der Waals surface area (Å²) in [4.78, 5) is 59.0. The quantitative estimate of drug-likeness (QED) is 0.251. The van der Waals surface area contributed by atoms with E-state index in [2.05, 4.69) is 15.9 Å². The summed E-state index contributed by atoms with van der Waals surface area (Å²) >= 11 is 9.45. The standard InChI is InChI=1S/C34H27BrClFN2O6/c1-34-22(31(42)39(33(34)44)18-10-13-24(37)23(36)14-18)15-21-19(29(34)28-25(40)4-3-5-26(28)45-2)11-12-20-27(21)32(43)38(30(20)41)17-8-6-16(35)7-9-17/h3-11,13-14,20-22,27,29,40H,12,15H2,1-2H3. The second-order valence-corrected chi connectivity index (χ2v) is 13.5. The van der Waals surface area contributed by atoms with Crippen LogP contribution in [-0.2, 0) is 19.2 Å². The number of carbonyl (C=O) groups is 4. The number of carbonyl (C=O) groups excluding carboxylic acids is 4. The molecule has 1 N–H and O–H groups in total. The highest BCUT2D eigenvalue weighted by Crippen LogP contribution is 2.65. The normalized spacial score (nSPS) is 29.0. The Kier molecular flexibility index (Phi) is 6.94. The molecule has 230 valence electrons. The fraction of sp³-hybridized carbons (Fsp3) is 0.294. The number of rotatable bonds is 4. The van der Waals surface area contributed by atoms with Gasteiger partial charge >= 0.3 is 0 Å². The molecule has 2 heterocycles. The Balaban J connectivity index is 1.40. The molecule has 6 unspecified atom stereocenters. The van der Waals surface area contributed by atoms with Crippen molar-refractivity contribution in [1.29, 1.82) is 0 Å². The van der Waals surface area contributed by atoms with Gasteiger partial charge in [0.1, 0.15) is 17.3 Å². The number of ether oxygens (including phenoxy) is 1. The third kappa shape index (κ3) is 4.14. The Morgan fingerprint density at radius 3 is 2.36 bits per heavy atom. The molecular weight excluding hydrogens is 667 g/mol. The maximum absolute atomic E-state index is 14.5. The lowest BCUT2D eigenvalue weighted by Crippen LogP contribution is -2.49. The van der Waals surface area contributed by atoms with Crippen LogP contribution in [0.2, 0.25) is 5.02 Å². The Hall–Kier alpha value is -4.02. The summed E-state index contributed by atoms with van der Waals surface area (Å²) < 4.78 is 20.6. The number of hydrogen-bond donors (Lipinski definition) is 1. The molecule has 0 spiro atoms. The van der Waals surface area contributed by atoms with E-state index < -0.39 is 52.6 Å². The SMILES string of the molecule is COc1cccc(O)c1C1C2=CCC3C(=O)N(c4ccc(Br)cc4)C(=O)C3C2CC2C(=O)N(c3ccc(F)c(Cl)c3)C(=O)C21C. The number of fused-ring (bicyclic) bond motifs is 4. The number of phenolic OH excluding ortho intramolecular Hbond substituents is 1.